The number of anilines is 1. The van der Waals surface area contributed by atoms with Crippen molar-refractivity contribution in [2.75, 3.05) is 4.72 Å². The molecule has 0 aliphatic heterocycles. The van der Waals surface area contributed by atoms with E-state index in [1.165, 1.54) is 0 Å². The van der Waals surface area contributed by atoms with Crippen LogP contribution in [0.3, 0.4) is 0 Å². The minimum Gasteiger partial charge on any atom is -0.486 e. The highest BCUT2D eigenvalue weighted by Gasteiger charge is 2.23. The van der Waals surface area contributed by atoms with Gasteiger partial charge in [-0.1, -0.05) is 30.3 Å². The number of nitrogens with zero attached hydrogens (tertiary/aromatic N) is 2. The van der Waals surface area contributed by atoms with Crippen LogP contribution in [0.5, 0.6) is 5.75 Å². The fraction of sp³-hybridized carbons (Fsp3) is 0.0667. The molecule has 0 saturated carbocycles. The third-order valence-electron chi connectivity index (χ3n) is 3.10. The number of nitrogens with one attached hydrogen (secondary N) is 1. The van der Waals surface area contributed by atoms with E-state index in [1.54, 1.807) is 24.3 Å². The third-order valence-corrected chi connectivity index (χ3v) is 5.16. The lowest BCUT2D eigenvalue weighted by molar-refractivity contribution is 0.287. The van der Waals surface area contributed by atoms with Crippen LogP contribution in [0.1, 0.15) is 5.56 Å². The highest BCUT2D eigenvalue weighted by atomic mass is 32.2. The third kappa shape index (κ3) is 4.09. The summed E-state index contributed by atoms with van der Waals surface area (Å²) in [5.74, 6) is -2.51. The lowest BCUT2D eigenvalue weighted by atomic mass is 10.2. The molecule has 0 spiro atoms. The second-order valence-electron chi connectivity index (χ2n) is 4.84. The van der Waals surface area contributed by atoms with E-state index in [-0.39, 0.29) is 17.5 Å². The Kier molecular flexibility index (Phi) is 4.91. The van der Waals surface area contributed by atoms with Gasteiger partial charge < -0.3 is 4.74 Å². The first-order chi connectivity index (χ1) is 12.0. The molecule has 0 radical (unpaired) electrons. The molecule has 1 aromatic heterocycles. The standard InChI is InChI=1S/C15H11F2N3O3S2/c16-11-7-14(25(21,22)20-15-18-9-19-24-15)12(17)6-13(11)23-8-10-4-2-1-3-5-10/h1-7,9H,8H2,(H,18,19,20). The number of halogens is 2. The van der Waals surface area contributed by atoms with Gasteiger partial charge in [-0.3, -0.25) is 4.72 Å². The van der Waals surface area contributed by atoms with Crippen LogP contribution in [0.25, 0.3) is 0 Å². The molecule has 0 unspecified atom stereocenters. The zero-order chi connectivity index (χ0) is 17.9. The zero-order valence-electron chi connectivity index (χ0n) is 12.5. The van der Waals surface area contributed by atoms with E-state index < -0.39 is 26.6 Å². The maximum Gasteiger partial charge on any atom is 0.266 e. The average molecular weight is 383 g/mol. The number of benzene rings is 2. The van der Waals surface area contributed by atoms with Crippen LogP contribution in [0, 0.1) is 11.6 Å². The van der Waals surface area contributed by atoms with E-state index in [2.05, 4.69) is 9.36 Å². The minimum absolute atomic E-state index is 0.0202. The Hall–Kier alpha value is -2.59. The van der Waals surface area contributed by atoms with Crippen molar-refractivity contribution < 1.29 is 21.9 Å². The van der Waals surface area contributed by atoms with Crippen LogP contribution >= 0.6 is 11.5 Å². The molecule has 3 aromatic rings. The van der Waals surface area contributed by atoms with Crippen LogP contribution < -0.4 is 9.46 Å². The van der Waals surface area contributed by atoms with Gasteiger partial charge in [0.15, 0.2) is 11.6 Å². The van der Waals surface area contributed by atoms with Crippen LogP contribution in [-0.4, -0.2) is 17.8 Å². The van der Waals surface area contributed by atoms with Crippen LogP contribution in [-0.2, 0) is 16.6 Å². The van der Waals surface area contributed by atoms with Crippen molar-refractivity contribution in [1.82, 2.24) is 9.36 Å². The van der Waals surface area contributed by atoms with Crippen LogP contribution in [0.4, 0.5) is 13.9 Å². The number of hydrogen-bond acceptors (Lipinski definition) is 6. The van der Waals surface area contributed by atoms with E-state index in [1.807, 2.05) is 10.8 Å². The van der Waals surface area contributed by atoms with Gasteiger partial charge in [-0.2, -0.15) is 4.37 Å². The Morgan fingerprint density at radius 2 is 1.88 bits per heavy atom. The molecule has 0 aliphatic carbocycles. The first kappa shape index (κ1) is 17.2. The van der Waals surface area contributed by atoms with Crippen LogP contribution in [0.15, 0.2) is 53.7 Å². The molecule has 0 saturated heterocycles. The van der Waals surface area contributed by atoms with E-state index >= 15 is 0 Å². The molecule has 25 heavy (non-hydrogen) atoms. The van der Waals surface area contributed by atoms with Crippen molar-refractivity contribution >= 4 is 26.7 Å². The van der Waals surface area contributed by atoms with Crippen molar-refractivity contribution in [2.24, 2.45) is 0 Å². The van der Waals surface area contributed by atoms with E-state index in [4.69, 9.17) is 4.74 Å². The molecule has 0 aliphatic rings. The minimum atomic E-state index is -4.33. The van der Waals surface area contributed by atoms with E-state index in [9.17, 15) is 17.2 Å². The summed E-state index contributed by atoms with van der Waals surface area (Å²) in [5.41, 5.74) is 0.761. The number of sulfonamides is 1. The van der Waals surface area contributed by atoms with Gasteiger partial charge >= 0.3 is 0 Å². The first-order valence-electron chi connectivity index (χ1n) is 6.91. The van der Waals surface area contributed by atoms with E-state index in [0.29, 0.717) is 12.1 Å². The zero-order valence-corrected chi connectivity index (χ0v) is 14.2. The molecule has 0 atom stereocenters. The summed E-state index contributed by atoms with van der Waals surface area (Å²) in [6.07, 6.45) is 1.14. The van der Waals surface area contributed by atoms with Crippen molar-refractivity contribution in [1.29, 1.82) is 0 Å². The molecule has 1 heterocycles. The normalized spacial score (nSPS) is 11.3. The van der Waals surface area contributed by atoms with Crippen molar-refractivity contribution in [2.45, 2.75) is 11.5 Å². The second-order valence-corrected chi connectivity index (χ2v) is 7.27. The Morgan fingerprint density at radius 3 is 2.56 bits per heavy atom. The highest BCUT2D eigenvalue weighted by molar-refractivity contribution is 7.93. The molecule has 0 fully saturated rings. The summed E-state index contributed by atoms with van der Waals surface area (Å²) in [4.78, 5) is 2.80. The topological polar surface area (TPSA) is 81.2 Å². The predicted octanol–water partition coefficient (Wildman–Crippen LogP) is 3.20. The van der Waals surface area contributed by atoms with Gasteiger partial charge in [0.1, 0.15) is 23.6 Å². The fourth-order valence-corrected chi connectivity index (χ4v) is 3.68. The Balaban J connectivity index is 1.82. The molecule has 10 heteroatoms. The van der Waals surface area contributed by atoms with Crippen molar-refractivity contribution in [3.63, 3.8) is 0 Å². The maximum atomic E-state index is 14.2. The summed E-state index contributed by atoms with van der Waals surface area (Å²) in [6.45, 7) is 0.0202. The number of hydrogen-bond donors (Lipinski definition) is 1. The molecule has 2 aromatic carbocycles. The molecule has 1 N–H and O–H groups in total. The molecular formula is C15H11F2N3O3S2. The summed E-state index contributed by atoms with van der Waals surface area (Å²) < 4.78 is 63.5. The molecular weight excluding hydrogens is 372 g/mol. The largest absolute Gasteiger partial charge is 0.486 e. The van der Waals surface area contributed by atoms with Crippen molar-refractivity contribution in [3.05, 3.63) is 66.0 Å². The van der Waals surface area contributed by atoms with E-state index in [0.717, 1.165) is 23.4 Å². The maximum absolute atomic E-state index is 14.2. The van der Waals surface area contributed by atoms with Gasteiger partial charge in [0.2, 0.25) is 5.13 Å². The lowest BCUT2D eigenvalue weighted by Gasteiger charge is -2.11. The molecule has 0 amide bonds. The van der Waals surface area contributed by atoms with Gasteiger partial charge in [-0.25, -0.2) is 22.2 Å². The Morgan fingerprint density at radius 1 is 1.12 bits per heavy atom. The van der Waals surface area contributed by atoms with Gasteiger partial charge in [0, 0.05) is 23.7 Å². The fourth-order valence-electron chi connectivity index (χ4n) is 1.95. The average Bonchev–Trinajstić information content (AvgIpc) is 3.08. The number of aromatic nitrogens is 2. The Bertz CT molecular complexity index is 965. The van der Waals surface area contributed by atoms with Crippen LogP contribution in [0.2, 0.25) is 0 Å². The summed E-state index contributed by atoms with van der Waals surface area (Å²) in [6, 6.07) is 10.2. The molecule has 0 bridgehead atoms. The number of ether oxygens (including phenoxy) is 1. The SMILES string of the molecule is O=S(=O)(Nc1ncns1)c1cc(F)c(OCc2ccccc2)cc1F. The van der Waals surface area contributed by atoms with Gasteiger partial charge in [0.05, 0.1) is 0 Å². The molecule has 3 rings (SSSR count). The predicted molar refractivity (Wildman–Crippen MR) is 87.8 cm³/mol. The second kappa shape index (κ2) is 7.11. The lowest BCUT2D eigenvalue weighted by Crippen LogP contribution is -2.15. The highest BCUT2D eigenvalue weighted by Crippen LogP contribution is 2.27. The van der Waals surface area contributed by atoms with Gasteiger partial charge in [-0.05, 0) is 5.56 Å². The number of rotatable bonds is 6. The van der Waals surface area contributed by atoms with Crippen molar-refractivity contribution in [3.8, 4) is 5.75 Å². The van der Waals surface area contributed by atoms with Gasteiger partial charge in [0.25, 0.3) is 10.0 Å². The first-order valence-corrected chi connectivity index (χ1v) is 9.16. The molecule has 6 nitrogen and oxygen atoms in total. The molecule has 130 valence electrons. The monoisotopic (exact) mass is 383 g/mol. The van der Waals surface area contributed by atoms with Gasteiger partial charge in [-0.15, -0.1) is 0 Å². The summed E-state index contributed by atoms with van der Waals surface area (Å²) >= 11 is 0.771. The summed E-state index contributed by atoms with van der Waals surface area (Å²) in [7, 11) is -4.33. The quantitative estimate of drug-likeness (QED) is 0.707. The smallest absolute Gasteiger partial charge is 0.266 e. The Labute approximate surface area is 146 Å². The summed E-state index contributed by atoms with van der Waals surface area (Å²) in [5, 5.41) is -0.0517.